The molecule has 0 aliphatic heterocycles. The number of nitrogen functional groups attached to an aromatic ring is 1. The molecule has 0 saturated heterocycles. The smallest absolute Gasteiger partial charge is 0.241 e. The van der Waals surface area contributed by atoms with Crippen molar-refractivity contribution in [2.45, 2.75) is 19.4 Å². The third-order valence-corrected chi connectivity index (χ3v) is 2.43. The maximum absolute atomic E-state index is 11.5. The predicted octanol–water partition coefficient (Wildman–Crippen LogP) is 0.0247. The number of carbonyl (C=O) groups excluding carboxylic acids is 1. The van der Waals surface area contributed by atoms with Gasteiger partial charge in [0.15, 0.2) is 0 Å². The summed E-state index contributed by atoms with van der Waals surface area (Å²) >= 11 is 0. The normalized spacial score (nSPS) is 10.6. The highest BCUT2D eigenvalue weighted by atomic mass is 16.5. The number of nitrogens with zero attached hydrogens (tertiary/aromatic N) is 2. The fourth-order valence-electron chi connectivity index (χ4n) is 1.47. The Morgan fingerprint density at radius 3 is 2.95 bits per heavy atom. The van der Waals surface area contributed by atoms with E-state index in [1.807, 2.05) is 0 Å². The first-order chi connectivity index (χ1) is 9.22. The Balaban J connectivity index is 1.96. The van der Waals surface area contributed by atoms with Gasteiger partial charge in [0.1, 0.15) is 6.54 Å². The molecule has 108 valence electrons. The molecule has 1 aromatic heterocycles. The molecule has 0 unspecified atom stereocenters. The number of unbranched alkanes of at least 4 members (excludes halogenated alkanes) is 1. The molecule has 0 bridgehead atoms. The van der Waals surface area contributed by atoms with Gasteiger partial charge in [0.25, 0.3) is 0 Å². The predicted molar refractivity (Wildman–Crippen MR) is 71.6 cm³/mol. The van der Waals surface area contributed by atoms with Gasteiger partial charge in [0.05, 0.1) is 25.1 Å². The Labute approximate surface area is 113 Å². The van der Waals surface area contributed by atoms with Crippen molar-refractivity contribution >= 4 is 11.6 Å². The summed E-state index contributed by atoms with van der Waals surface area (Å²) in [4.78, 5) is 11.5. The Kier molecular flexibility index (Phi) is 7.60. The monoisotopic (exact) mass is 270 g/mol. The van der Waals surface area contributed by atoms with Gasteiger partial charge < -0.3 is 20.5 Å². The molecule has 0 aliphatic rings. The van der Waals surface area contributed by atoms with Crippen LogP contribution in [0.2, 0.25) is 0 Å². The lowest BCUT2D eigenvalue weighted by atomic mass is 10.3. The van der Waals surface area contributed by atoms with Crippen molar-refractivity contribution in [1.82, 2.24) is 15.1 Å². The molecule has 0 atom stereocenters. The highest BCUT2D eigenvalue weighted by Crippen LogP contribution is 1.97. The number of methoxy groups -OCH3 is 1. The van der Waals surface area contributed by atoms with Crippen molar-refractivity contribution < 1.29 is 14.3 Å². The standard InChI is InChI=1S/C12H22N4O3/c1-18-6-7-19-5-3-2-4-14-12(17)10-16-9-11(13)8-15-16/h8-9H,2-7,10,13H2,1H3,(H,14,17). The summed E-state index contributed by atoms with van der Waals surface area (Å²) in [5, 5.41) is 6.76. The first kappa shape index (κ1) is 15.5. The van der Waals surface area contributed by atoms with Crippen molar-refractivity contribution in [3.63, 3.8) is 0 Å². The van der Waals surface area contributed by atoms with Gasteiger partial charge in [-0.2, -0.15) is 5.10 Å². The highest BCUT2D eigenvalue weighted by Gasteiger charge is 2.02. The number of amides is 1. The summed E-state index contributed by atoms with van der Waals surface area (Å²) in [6.45, 7) is 2.76. The minimum absolute atomic E-state index is 0.0663. The molecule has 7 heteroatoms. The van der Waals surface area contributed by atoms with Crippen molar-refractivity contribution in [2.75, 3.05) is 39.2 Å². The van der Waals surface area contributed by atoms with E-state index < -0.39 is 0 Å². The largest absolute Gasteiger partial charge is 0.396 e. The van der Waals surface area contributed by atoms with Gasteiger partial charge in [-0.25, -0.2) is 0 Å². The summed E-state index contributed by atoms with van der Waals surface area (Å²) in [6, 6.07) is 0. The molecule has 1 amide bonds. The van der Waals surface area contributed by atoms with Crippen LogP contribution in [0.3, 0.4) is 0 Å². The third kappa shape index (κ3) is 7.43. The Morgan fingerprint density at radius 1 is 1.42 bits per heavy atom. The number of nitrogens with two attached hydrogens (primary N) is 1. The van der Waals surface area contributed by atoms with E-state index in [0.717, 1.165) is 12.8 Å². The second-order valence-corrected chi connectivity index (χ2v) is 4.13. The summed E-state index contributed by atoms with van der Waals surface area (Å²) in [7, 11) is 1.64. The molecule has 19 heavy (non-hydrogen) atoms. The van der Waals surface area contributed by atoms with Crippen LogP contribution in [-0.4, -0.2) is 49.2 Å². The molecule has 1 heterocycles. The SMILES string of the molecule is COCCOCCCCNC(=O)Cn1cc(N)cn1. The molecule has 1 rings (SSSR count). The lowest BCUT2D eigenvalue weighted by molar-refractivity contribution is -0.121. The first-order valence-corrected chi connectivity index (χ1v) is 6.33. The lowest BCUT2D eigenvalue weighted by Gasteiger charge is -2.06. The summed E-state index contributed by atoms with van der Waals surface area (Å²) < 4.78 is 11.7. The van der Waals surface area contributed by atoms with Crippen LogP contribution in [-0.2, 0) is 20.8 Å². The van der Waals surface area contributed by atoms with Crippen molar-refractivity contribution in [3.05, 3.63) is 12.4 Å². The molecular weight excluding hydrogens is 248 g/mol. The van der Waals surface area contributed by atoms with E-state index >= 15 is 0 Å². The van der Waals surface area contributed by atoms with E-state index in [2.05, 4.69) is 10.4 Å². The maximum atomic E-state index is 11.5. The van der Waals surface area contributed by atoms with E-state index in [0.29, 0.717) is 32.1 Å². The fraction of sp³-hybridized carbons (Fsp3) is 0.667. The van der Waals surface area contributed by atoms with Gasteiger partial charge in [-0.1, -0.05) is 0 Å². The van der Waals surface area contributed by atoms with Crippen LogP contribution in [0.25, 0.3) is 0 Å². The Bertz CT molecular complexity index is 368. The number of nitrogens with one attached hydrogen (secondary N) is 1. The van der Waals surface area contributed by atoms with Crippen LogP contribution < -0.4 is 11.1 Å². The molecule has 0 radical (unpaired) electrons. The van der Waals surface area contributed by atoms with Gasteiger partial charge in [-0.3, -0.25) is 9.48 Å². The summed E-state index contributed by atoms with van der Waals surface area (Å²) in [5.74, 6) is -0.0663. The number of hydrogen-bond acceptors (Lipinski definition) is 5. The minimum atomic E-state index is -0.0663. The molecule has 0 aliphatic carbocycles. The summed E-state index contributed by atoms with van der Waals surface area (Å²) in [5.41, 5.74) is 6.06. The number of anilines is 1. The number of ether oxygens (including phenoxy) is 2. The van der Waals surface area contributed by atoms with Gasteiger partial charge in [-0.15, -0.1) is 0 Å². The van der Waals surface area contributed by atoms with Crippen molar-refractivity contribution in [1.29, 1.82) is 0 Å². The van der Waals surface area contributed by atoms with Crippen LogP contribution in [0.5, 0.6) is 0 Å². The molecule has 0 fully saturated rings. The van der Waals surface area contributed by atoms with Gasteiger partial charge in [-0.05, 0) is 12.8 Å². The number of hydrogen-bond donors (Lipinski definition) is 2. The fourth-order valence-corrected chi connectivity index (χ4v) is 1.47. The quantitative estimate of drug-likeness (QED) is 0.585. The third-order valence-electron chi connectivity index (χ3n) is 2.43. The van der Waals surface area contributed by atoms with Gasteiger partial charge in [0, 0.05) is 26.5 Å². The zero-order valence-electron chi connectivity index (χ0n) is 11.3. The lowest BCUT2D eigenvalue weighted by Crippen LogP contribution is -2.28. The van der Waals surface area contributed by atoms with Crippen LogP contribution in [0.4, 0.5) is 5.69 Å². The van der Waals surface area contributed by atoms with E-state index in [-0.39, 0.29) is 12.5 Å². The van der Waals surface area contributed by atoms with Crippen molar-refractivity contribution in [3.8, 4) is 0 Å². The number of aromatic nitrogens is 2. The van der Waals surface area contributed by atoms with E-state index in [9.17, 15) is 4.79 Å². The Hall–Kier alpha value is -1.60. The van der Waals surface area contributed by atoms with Crippen LogP contribution in [0.15, 0.2) is 12.4 Å². The average molecular weight is 270 g/mol. The average Bonchev–Trinajstić information content (AvgIpc) is 2.78. The van der Waals surface area contributed by atoms with E-state index in [1.54, 1.807) is 13.3 Å². The molecule has 0 aromatic carbocycles. The maximum Gasteiger partial charge on any atom is 0.241 e. The molecule has 7 nitrogen and oxygen atoms in total. The van der Waals surface area contributed by atoms with Gasteiger partial charge >= 0.3 is 0 Å². The second-order valence-electron chi connectivity index (χ2n) is 4.13. The van der Waals surface area contributed by atoms with E-state index in [4.69, 9.17) is 15.2 Å². The first-order valence-electron chi connectivity index (χ1n) is 6.33. The molecule has 0 saturated carbocycles. The molecular formula is C12H22N4O3. The second kappa shape index (κ2) is 9.35. The zero-order valence-corrected chi connectivity index (χ0v) is 11.3. The zero-order chi connectivity index (χ0) is 13.9. The van der Waals surface area contributed by atoms with Crippen LogP contribution in [0.1, 0.15) is 12.8 Å². The molecule has 0 spiro atoms. The number of carbonyl (C=O) groups is 1. The minimum Gasteiger partial charge on any atom is -0.396 e. The van der Waals surface area contributed by atoms with Crippen LogP contribution in [0, 0.1) is 0 Å². The molecule has 1 aromatic rings. The Morgan fingerprint density at radius 2 is 2.26 bits per heavy atom. The topological polar surface area (TPSA) is 91.4 Å². The summed E-state index contributed by atoms with van der Waals surface area (Å²) in [6.07, 6.45) is 4.95. The molecule has 3 N–H and O–H groups in total. The highest BCUT2D eigenvalue weighted by molar-refractivity contribution is 5.75. The van der Waals surface area contributed by atoms with Gasteiger partial charge in [0.2, 0.25) is 5.91 Å². The van der Waals surface area contributed by atoms with E-state index in [1.165, 1.54) is 10.9 Å². The van der Waals surface area contributed by atoms with Crippen molar-refractivity contribution in [2.24, 2.45) is 0 Å². The number of rotatable bonds is 10. The van der Waals surface area contributed by atoms with Crippen LogP contribution >= 0.6 is 0 Å².